The molecular formula is C9H8IN5S2. The summed E-state index contributed by atoms with van der Waals surface area (Å²) in [6.45, 7) is 0. The van der Waals surface area contributed by atoms with Crippen molar-refractivity contribution in [2.75, 3.05) is 18.2 Å². The maximum absolute atomic E-state index is 9.09. The number of hydrogen-bond acceptors (Lipinski definition) is 6. The standard InChI is InChI=1S/C9H8IN5S2/c1-16-8-4(3-11)6(12)15-7(13-8)5(10)9(14-15)17-2/h12H2,1-2H3. The molecule has 0 spiro atoms. The molecule has 0 amide bonds. The van der Waals surface area contributed by atoms with Crippen molar-refractivity contribution in [3.63, 3.8) is 0 Å². The molecule has 8 heteroatoms. The Hall–Kier alpha value is -0.660. The number of nitrogen functional groups attached to an aromatic ring is 1. The number of thioether (sulfide) groups is 2. The number of fused-ring (bicyclic) bond motifs is 1. The van der Waals surface area contributed by atoms with Crippen LogP contribution in [-0.2, 0) is 0 Å². The number of nitrogens with zero attached hydrogens (tertiary/aromatic N) is 4. The molecule has 17 heavy (non-hydrogen) atoms. The molecule has 2 aromatic rings. The van der Waals surface area contributed by atoms with Gasteiger partial charge >= 0.3 is 0 Å². The van der Waals surface area contributed by atoms with Crippen molar-refractivity contribution in [3.05, 3.63) is 9.13 Å². The number of nitrogens with two attached hydrogens (primary N) is 1. The van der Waals surface area contributed by atoms with Gasteiger partial charge in [0.15, 0.2) is 5.65 Å². The number of nitriles is 1. The lowest BCUT2D eigenvalue weighted by Crippen LogP contribution is -2.05. The highest BCUT2D eigenvalue weighted by Gasteiger charge is 2.18. The van der Waals surface area contributed by atoms with E-state index in [1.165, 1.54) is 28.0 Å². The van der Waals surface area contributed by atoms with E-state index in [0.717, 1.165) is 8.60 Å². The molecule has 0 saturated heterocycles. The van der Waals surface area contributed by atoms with Crippen LogP contribution in [0.2, 0.25) is 0 Å². The van der Waals surface area contributed by atoms with Gasteiger partial charge in [0.25, 0.3) is 0 Å². The minimum atomic E-state index is 0.347. The summed E-state index contributed by atoms with van der Waals surface area (Å²) in [5.41, 5.74) is 7.04. The van der Waals surface area contributed by atoms with E-state index in [4.69, 9.17) is 11.0 Å². The van der Waals surface area contributed by atoms with Crippen LogP contribution < -0.4 is 5.73 Å². The predicted octanol–water partition coefficient (Wildman–Crippen LogP) is 2.23. The van der Waals surface area contributed by atoms with Crippen molar-refractivity contribution in [1.82, 2.24) is 14.6 Å². The summed E-state index contributed by atoms with van der Waals surface area (Å²) < 4.78 is 2.49. The first kappa shape index (κ1) is 12.8. The van der Waals surface area contributed by atoms with Gasteiger partial charge in [-0.25, -0.2) is 4.98 Å². The highest BCUT2D eigenvalue weighted by Crippen LogP contribution is 2.30. The molecule has 2 rings (SSSR count). The van der Waals surface area contributed by atoms with Crippen LogP contribution in [0.1, 0.15) is 5.56 Å². The Kier molecular flexibility index (Phi) is 3.70. The minimum absolute atomic E-state index is 0.347. The zero-order valence-electron chi connectivity index (χ0n) is 9.06. The lowest BCUT2D eigenvalue weighted by atomic mass is 10.3. The molecule has 0 aliphatic carbocycles. The fourth-order valence-corrected chi connectivity index (χ4v) is 3.47. The number of rotatable bonds is 2. The van der Waals surface area contributed by atoms with Crippen molar-refractivity contribution in [2.45, 2.75) is 10.1 Å². The average molecular weight is 377 g/mol. The number of halogens is 1. The fraction of sp³-hybridized carbons (Fsp3) is 0.222. The van der Waals surface area contributed by atoms with Crippen LogP contribution in [0.5, 0.6) is 0 Å². The second-order valence-corrected chi connectivity index (χ2v) is 5.72. The molecule has 0 bridgehead atoms. The van der Waals surface area contributed by atoms with E-state index in [1.54, 1.807) is 0 Å². The van der Waals surface area contributed by atoms with Gasteiger partial charge in [-0.3, -0.25) is 0 Å². The van der Waals surface area contributed by atoms with Gasteiger partial charge in [0.05, 0.1) is 3.57 Å². The van der Waals surface area contributed by atoms with Crippen LogP contribution in [0, 0.1) is 14.9 Å². The Labute approximate surface area is 120 Å². The van der Waals surface area contributed by atoms with E-state index in [9.17, 15) is 0 Å². The normalized spacial score (nSPS) is 10.7. The molecule has 0 saturated carbocycles. The second-order valence-electron chi connectivity index (χ2n) is 3.05. The molecule has 0 radical (unpaired) electrons. The lowest BCUT2D eigenvalue weighted by Gasteiger charge is -2.04. The van der Waals surface area contributed by atoms with Crippen molar-refractivity contribution in [3.8, 4) is 6.07 Å². The van der Waals surface area contributed by atoms with E-state index in [1.807, 2.05) is 12.5 Å². The van der Waals surface area contributed by atoms with Gasteiger partial charge < -0.3 is 5.73 Å². The molecule has 0 aliphatic rings. The lowest BCUT2D eigenvalue weighted by molar-refractivity contribution is 0.880. The molecule has 88 valence electrons. The topological polar surface area (TPSA) is 80.0 Å². The van der Waals surface area contributed by atoms with Crippen LogP contribution >= 0.6 is 46.1 Å². The van der Waals surface area contributed by atoms with Crippen molar-refractivity contribution in [1.29, 1.82) is 5.26 Å². The predicted molar refractivity (Wildman–Crippen MR) is 78.4 cm³/mol. The van der Waals surface area contributed by atoms with E-state index < -0.39 is 0 Å². The van der Waals surface area contributed by atoms with Crippen molar-refractivity contribution < 1.29 is 0 Å². The molecule has 2 N–H and O–H groups in total. The van der Waals surface area contributed by atoms with Crippen LogP contribution in [0.15, 0.2) is 10.1 Å². The van der Waals surface area contributed by atoms with E-state index in [-0.39, 0.29) is 0 Å². The summed E-state index contributed by atoms with van der Waals surface area (Å²) in [5.74, 6) is 0.347. The number of anilines is 1. The van der Waals surface area contributed by atoms with Crippen LogP contribution in [0.4, 0.5) is 5.82 Å². The summed E-state index contributed by atoms with van der Waals surface area (Å²) >= 11 is 5.13. The summed E-state index contributed by atoms with van der Waals surface area (Å²) in [7, 11) is 0. The summed E-state index contributed by atoms with van der Waals surface area (Å²) in [6.07, 6.45) is 3.82. The Morgan fingerprint density at radius 1 is 1.35 bits per heavy atom. The van der Waals surface area contributed by atoms with Crippen LogP contribution in [-0.4, -0.2) is 27.1 Å². The van der Waals surface area contributed by atoms with Gasteiger partial charge in [-0.2, -0.15) is 14.9 Å². The van der Waals surface area contributed by atoms with E-state index >= 15 is 0 Å². The van der Waals surface area contributed by atoms with Crippen LogP contribution in [0.3, 0.4) is 0 Å². The monoisotopic (exact) mass is 377 g/mol. The highest BCUT2D eigenvalue weighted by atomic mass is 127. The molecule has 2 heterocycles. The SMILES string of the molecule is CSc1nc2c(I)c(SC)nn2c(N)c1C#N. The summed E-state index contributed by atoms with van der Waals surface area (Å²) in [6, 6.07) is 2.08. The number of hydrogen-bond donors (Lipinski definition) is 1. The average Bonchev–Trinajstić information content (AvgIpc) is 2.66. The van der Waals surface area contributed by atoms with Gasteiger partial charge in [-0.05, 0) is 35.1 Å². The molecular weight excluding hydrogens is 369 g/mol. The third-order valence-electron chi connectivity index (χ3n) is 2.18. The fourth-order valence-electron chi connectivity index (χ4n) is 1.39. The third kappa shape index (κ3) is 1.96. The van der Waals surface area contributed by atoms with Gasteiger partial charge in [0, 0.05) is 0 Å². The first-order valence-corrected chi connectivity index (χ1v) is 8.02. The first-order valence-electron chi connectivity index (χ1n) is 4.49. The van der Waals surface area contributed by atoms with Crippen LogP contribution in [0.25, 0.3) is 5.65 Å². The summed E-state index contributed by atoms with van der Waals surface area (Å²) in [5, 5.41) is 14.9. The number of aromatic nitrogens is 3. The highest BCUT2D eigenvalue weighted by molar-refractivity contribution is 14.1. The maximum atomic E-state index is 9.09. The molecule has 0 aliphatic heterocycles. The first-order chi connectivity index (χ1) is 8.13. The van der Waals surface area contributed by atoms with Gasteiger partial charge in [0.2, 0.25) is 0 Å². The zero-order valence-corrected chi connectivity index (χ0v) is 12.9. The maximum Gasteiger partial charge on any atom is 0.173 e. The Balaban J connectivity index is 2.89. The van der Waals surface area contributed by atoms with Gasteiger partial charge in [-0.1, -0.05) is 0 Å². The van der Waals surface area contributed by atoms with Crippen molar-refractivity contribution >= 4 is 57.6 Å². The van der Waals surface area contributed by atoms with E-state index in [2.05, 4.69) is 38.7 Å². The zero-order chi connectivity index (χ0) is 12.6. The van der Waals surface area contributed by atoms with Gasteiger partial charge in [-0.15, -0.1) is 23.5 Å². The minimum Gasteiger partial charge on any atom is -0.382 e. The van der Waals surface area contributed by atoms with Crippen molar-refractivity contribution in [2.24, 2.45) is 0 Å². The Morgan fingerprint density at radius 3 is 2.53 bits per heavy atom. The Bertz CT molecular complexity index is 631. The summed E-state index contributed by atoms with van der Waals surface area (Å²) in [4.78, 5) is 4.43. The Morgan fingerprint density at radius 2 is 2.00 bits per heavy atom. The molecule has 5 nitrogen and oxygen atoms in total. The second kappa shape index (κ2) is 4.91. The molecule has 0 fully saturated rings. The molecule has 0 atom stereocenters. The molecule has 2 aromatic heterocycles. The smallest absolute Gasteiger partial charge is 0.173 e. The van der Waals surface area contributed by atoms with E-state index in [0.29, 0.717) is 22.1 Å². The van der Waals surface area contributed by atoms with Gasteiger partial charge in [0.1, 0.15) is 27.5 Å². The largest absolute Gasteiger partial charge is 0.382 e. The third-order valence-corrected chi connectivity index (χ3v) is 4.89. The molecule has 0 unspecified atom stereocenters. The molecule has 0 aromatic carbocycles. The quantitative estimate of drug-likeness (QED) is 0.491.